The number of fused-ring (bicyclic) bond motifs is 1. The summed E-state index contributed by atoms with van der Waals surface area (Å²) in [5, 5.41) is 7.02. The van der Waals surface area contributed by atoms with Crippen LogP contribution in [-0.2, 0) is 19.9 Å². The minimum absolute atomic E-state index is 0.0928. The number of aromatic amines is 1. The molecule has 2 aromatic rings. The molecule has 0 spiro atoms. The maximum absolute atomic E-state index is 12.9. The van der Waals surface area contributed by atoms with E-state index in [-0.39, 0.29) is 5.56 Å². The Hall–Kier alpha value is -1.69. The lowest BCUT2D eigenvalue weighted by Crippen LogP contribution is -2.28. The van der Waals surface area contributed by atoms with Crippen molar-refractivity contribution < 1.29 is 0 Å². The SMILES string of the molecule is Cn1c(-c2cc3c(n(C4CC4)c2=O)CCCC3)n[nH]c1=S. The molecule has 2 aliphatic carbocycles. The third-order valence-corrected chi connectivity index (χ3v) is 4.94. The van der Waals surface area contributed by atoms with Gasteiger partial charge in [-0.15, -0.1) is 0 Å². The van der Waals surface area contributed by atoms with Crippen molar-refractivity contribution >= 4 is 12.2 Å². The second kappa shape index (κ2) is 4.66. The Kier molecular flexibility index (Phi) is 2.89. The molecule has 6 heteroatoms. The first-order valence-electron chi connectivity index (χ1n) is 7.56. The maximum atomic E-state index is 12.9. The molecule has 0 aromatic carbocycles. The molecule has 2 aromatic heterocycles. The fourth-order valence-electron chi connectivity index (χ4n) is 3.30. The fraction of sp³-hybridized carbons (Fsp3) is 0.533. The molecule has 5 nitrogen and oxygen atoms in total. The highest BCUT2D eigenvalue weighted by atomic mass is 32.1. The summed E-state index contributed by atoms with van der Waals surface area (Å²) < 4.78 is 4.36. The summed E-state index contributed by atoms with van der Waals surface area (Å²) in [5.74, 6) is 0.646. The van der Waals surface area contributed by atoms with Crippen LogP contribution in [0.4, 0.5) is 0 Å². The summed E-state index contributed by atoms with van der Waals surface area (Å²) in [6.07, 6.45) is 6.72. The number of nitrogens with zero attached hydrogens (tertiary/aromatic N) is 3. The van der Waals surface area contributed by atoms with E-state index in [0.717, 1.165) is 25.7 Å². The summed E-state index contributed by atoms with van der Waals surface area (Å²) in [6, 6.07) is 2.44. The molecule has 0 saturated heterocycles. The molecule has 4 rings (SSSR count). The first-order valence-corrected chi connectivity index (χ1v) is 7.96. The van der Waals surface area contributed by atoms with Crippen LogP contribution in [0.25, 0.3) is 11.4 Å². The smallest absolute Gasteiger partial charge is 0.262 e. The fourth-order valence-corrected chi connectivity index (χ4v) is 3.43. The summed E-state index contributed by atoms with van der Waals surface area (Å²) in [5.41, 5.74) is 3.35. The van der Waals surface area contributed by atoms with Crippen LogP contribution in [-0.4, -0.2) is 19.3 Å². The van der Waals surface area contributed by atoms with E-state index < -0.39 is 0 Å². The van der Waals surface area contributed by atoms with Crippen molar-refractivity contribution in [2.24, 2.45) is 7.05 Å². The van der Waals surface area contributed by atoms with Gasteiger partial charge in [-0.1, -0.05) is 0 Å². The van der Waals surface area contributed by atoms with Gasteiger partial charge < -0.3 is 9.13 Å². The van der Waals surface area contributed by atoms with Crippen LogP contribution in [0.3, 0.4) is 0 Å². The summed E-state index contributed by atoms with van der Waals surface area (Å²) >= 11 is 5.17. The number of nitrogens with one attached hydrogen (secondary N) is 1. The normalized spacial score (nSPS) is 17.8. The molecule has 110 valence electrons. The van der Waals surface area contributed by atoms with Crippen molar-refractivity contribution in [1.29, 1.82) is 0 Å². The number of aromatic nitrogens is 4. The summed E-state index contributed by atoms with van der Waals surface area (Å²) in [4.78, 5) is 12.9. The van der Waals surface area contributed by atoms with Crippen molar-refractivity contribution in [2.45, 2.75) is 44.6 Å². The summed E-state index contributed by atoms with van der Waals surface area (Å²) in [7, 11) is 1.85. The highest BCUT2D eigenvalue weighted by Crippen LogP contribution is 2.37. The largest absolute Gasteiger partial charge is 0.309 e. The Morgan fingerprint density at radius 1 is 1.33 bits per heavy atom. The second-order valence-corrected chi connectivity index (χ2v) is 6.44. The topological polar surface area (TPSA) is 55.6 Å². The van der Waals surface area contributed by atoms with Crippen LogP contribution >= 0.6 is 12.2 Å². The maximum Gasteiger partial charge on any atom is 0.262 e. The number of aryl methyl sites for hydroxylation is 1. The number of hydrogen-bond acceptors (Lipinski definition) is 3. The first kappa shape index (κ1) is 13.0. The second-order valence-electron chi connectivity index (χ2n) is 6.05. The van der Waals surface area contributed by atoms with Gasteiger partial charge in [0.25, 0.3) is 5.56 Å². The molecule has 0 unspecified atom stereocenters. The molecule has 0 atom stereocenters. The van der Waals surface area contributed by atoms with E-state index in [1.54, 1.807) is 4.57 Å². The molecule has 2 aliphatic rings. The van der Waals surface area contributed by atoms with Gasteiger partial charge in [0.05, 0.1) is 5.56 Å². The van der Waals surface area contributed by atoms with Crippen LogP contribution in [0, 0.1) is 4.77 Å². The van der Waals surface area contributed by atoms with Gasteiger partial charge in [-0.05, 0) is 62.4 Å². The number of hydrogen-bond donors (Lipinski definition) is 1. The van der Waals surface area contributed by atoms with E-state index in [9.17, 15) is 4.79 Å². The molecule has 0 radical (unpaired) electrons. The number of H-pyrrole nitrogens is 1. The minimum atomic E-state index is 0.0928. The molecule has 0 amide bonds. The zero-order chi connectivity index (χ0) is 14.6. The van der Waals surface area contributed by atoms with Crippen molar-refractivity contribution in [1.82, 2.24) is 19.3 Å². The van der Waals surface area contributed by atoms with Crippen LogP contribution in [0.5, 0.6) is 0 Å². The number of pyridine rings is 1. The first-order chi connectivity index (χ1) is 10.2. The van der Waals surface area contributed by atoms with E-state index in [2.05, 4.69) is 10.2 Å². The van der Waals surface area contributed by atoms with Gasteiger partial charge in [0.15, 0.2) is 10.6 Å². The molecule has 1 fully saturated rings. The predicted octanol–water partition coefficient (Wildman–Crippen LogP) is 2.52. The minimum Gasteiger partial charge on any atom is -0.309 e. The van der Waals surface area contributed by atoms with Gasteiger partial charge in [0, 0.05) is 18.8 Å². The van der Waals surface area contributed by atoms with Gasteiger partial charge in [-0.3, -0.25) is 9.89 Å². The lowest BCUT2D eigenvalue weighted by Gasteiger charge is -2.22. The van der Waals surface area contributed by atoms with E-state index >= 15 is 0 Å². The van der Waals surface area contributed by atoms with Crippen LogP contribution in [0.2, 0.25) is 0 Å². The lowest BCUT2D eigenvalue weighted by atomic mass is 9.94. The third kappa shape index (κ3) is 2.00. The zero-order valence-corrected chi connectivity index (χ0v) is 12.9. The van der Waals surface area contributed by atoms with E-state index in [1.165, 1.54) is 24.1 Å². The highest BCUT2D eigenvalue weighted by Gasteiger charge is 2.30. The Morgan fingerprint density at radius 2 is 2.10 bits per heavy atom. The molecule has 0 aliphatic heterocycles. The van der Waals surface area contributed by atoms with Crippen LogP contribution in [0.15, 0.2) is 10.9 Å². The average molecular weight is 302 g/mol. The molecule has 2 heterocycles. The molecule has 1 N–H and O–H groups in total. The van der Waals surface area contributed by atoms with E-state index in [1.807, 2.05) is 17.7 Å². The van der Waals surface area contributed by atoms with E-state index in [4.69, 9.17) is 12.2 Å². The standard InChI is InChI=1S/C15H18N4OS/c1-18-13(16-17-15(18)21)11-8-9-4-2-3-5-12(9)19(14(11)20)10-6-7-10/h8,10H,2-7H2,1H3,(H,17,21). The Balaban J connectivity index is 2.00. The third-order valence-electron chi connectivity index (χ3n) is 4.57. The quantitative estimate of drug-likeness (QED) is 0.867. The van der Waals surface area contributed by atoms with Gasteiger partial charge >= 0.3 is 0 Å². The molecule has 21 heavy (non-hydrogen) atoms. The van der Waals surface area contributed by atoms with Gasteiger partial charge in [-0.2, -0.15) is 5.10 Å². The average Bonchev–Trinajstić information content (AvgIpc) is 3.26. The van der Waals surface area contributed by atoms with Crippen LogP contribution in [0.1, 0.15) is 43.0 Å². The molecule has 0 bridgehead atoms. The van der Waals surface area contributed by atoms with Gasteiger partial charge in [0.2, 0.25) is 0 Å². The molecule has 1 saturated carbocycles. The molecular weight excluding hydrogens is 284 g/mol. The Labute approximate surface area is 127 Å². The van der Waals surface area contributed by atoms with Crippen LogP contribution < -0.4 is 5.56 Å². The Morgan fingerprint density at radius 3 is 2.76 bits per heavy atom. The predicted molar refractivity (Wildman–Crippen MR) is 83.0 cm³/mol. The van der Waals surface area contributed by atoms with E-state index in [0.29, 0.717) is 22.2 Å². The van der Waals surface area contributed by atoms with Crippen molar-refractivity contribution in [2.75, 3.05) is 0 Å². The highest BCUT2D eigenvalue weighted by molar-refractivity contribution is 7.71. The number of rotatable bonds is 2. The monoisotopic (exact) mass is 302 g/mol. The lowest BCUT2D eigenvalue weighted by molar-refractivity contribution is 0.583. The van der Waals surface area contributed by atoms with Crippen molar-refractivity contribution in [3.63, 3.8) is 0 Å². The summed E-state index contributed by atoms with van der Waals surface area (Å²) in [6.45, 7) is 0. The van der Waals surface area contributed by atoms with Gasteiger partial charge in [-0.25, -0.2) is 0 Å². The molecular formula is C15H18N4OS. The van der Waals surface area contributed by atoms with Crippen molar-refractivity contribution in [3.8, 4) is 11.4 Å². The zero-order valence-electron chi connectivity index (χ0n) is 12.1. The Bertz CT molecular complexity index is 825. The van der Waals surface area contributed by atoms with Gasteiger partial charge in [0.1, 0.15) is 0 Å². The van der Waals surface area contributed by atoms with Crippen molar-refractivity contribution in [3.05, 3.63) is 32.4 Å².